The van der Waals surface area contributed by atoms with Crippen LogP contribution >= 0.6 is 0 Å². The minimum absolute atomic E-state index is 0.00794. The summed E-state index contributed by atoms with van der Waals surface area (Å²) in [5, 5.41) is 9.58. The number of carboxylic acids is 1. The Hall–Kier alpha value is -2.08. The first kappa shape index (κ1) is 17.3. The Bertz CT molecular complexity index is 560. The maximum absolute atomic E-state index is 12.4. The maximum Gasteiger partial charge on any atom is 0.308 e. The van der Waals surface area contributed by atoms with Crippen molar-refractivity contribution < 1.29 is 24.2 Å². The molecule has 2 atom stereocenters. The lowest BCUT2D eigenvalue weighted by Crippen LogP contribution is -2.45. The normalized spacial score (nSPS) is 21.3. The number of piperidine rings is 1. The fraction of sp³-hybridized carbons (Fsp3) is 0.529. The second-order valence-corrected chi connectivity index (χ2v) is 5.64. The quantitative estimate of drug-likeness (QED) is 0.778. The molecule has 1 amide bonds. The zero-order valence-electron chi connectivity index (χ0n) is 13.5. The highest BCUT2D eigenvalue weighted by Crippen LogP contribution is 2.38. The number of ether oxygens (including phenoxy) is 2. The molecule has 2 rings (SSSR count). The van der Waals surface area contributed by atoms with E-state index in [1.165, 1.54) is 0 Å². The van der Waals surface area contributed by atoms with Gasteiger partial charge in [0, 0.05) is 26.7 Å². The number of carbonyl (C=O) groups is 2. The number of nitrogens with zero attached hydrogens (tertiary/aromatic N) is 1. The van der Waals surface area contributed by atoms with Crippen LogP contribution in [0.5, 0.6) is 5.75 Å². The Morgan fingerprint density at radius 3 is 2.83 bits per heavy atom. The van der Waals surface area contributed by atoms with Gasteiger partial charge in [-0.3, -0.25) is 9.59 Å². The van der Waals surface area contributed by atoms with Crippen molar-refractivity contribution in [3.8, 4) is 5.75 Å². The zero-order chi connectivity index (χ0) is 16.8. The average Bonchev–Trinajstić information content (AvgIpc) is 2.56. The minimum Gasteiger partial charge on any atom is -0.497 e. The van der Waals surface area contributed by atoms with Gasteiger partial charge in [0.2, 0.25) is 5.91 Å². The lowest BCUT2D eigenvalue weighted by molar-refractivity contribution is -0.152. The van der Waals surface area contributed by atoms with E-state index in [-0.39, 0.29) is 12.3 Å². The fourth-order valence-electron chi connectivity index (χ4n) is 3.09. The maximum atomic E-state index is 12.4. The lowest BCUT2D eigenvalue weighted by Gasteiger charge is -2.40. The number of benzene rings is 1. The second-order valence-electron chi connectivity index (χ2n) is 5.64. The molecule has 126 valence electrons. The predicted molar refractivity (Wildman–Crippen MR) is 84.3 cm³/mol. The Kier molecular flexibility index (Phi) is 5.98. The molecule has 1 saturated heterocycles. The van der Waals surface area contributed by atoms with Crippen LogP contribution in [0.25, 0.3) is 0 Å². The van der Waals surface area contributed by atoms with Crippen LogP contribution in [0.3, 0.4) is 0 Å². The molecular formula is C17H23NO5. The van der Waals surface area contributed by atoms with E-state index in [1.807, 2.05) is 18.2 Å². The molecule has 0 aromatic heterocycles. The third kappa shape index (κ3) is 4.01. The monoisotopic (exact) mass is 321 g/mol. The van der Waals surface area contributed by atoms with E-state index in [9.17, 15) is 14.7 Å². The van der Waals surface area contributed by atoms with Crippen LogP contribution in [-0.4, -0.2) is 49.3 Å². The summed E-state index contributed by atoms with van der Waals surface area (Å²) in [5.41, 5.74) is 0.794. The van der Waals surface area contributed by atoms with Gasteiger partial charge >= 0.3 is 5.97 Å². The first-order chi connectivity index (χ1) is 11.1. The van der Waals surface area contributed by atoms with E-state index in [1.54, 1.807) is 25.2 Å². The zero-order valence-corrected chi connectivity index (χ0v) is 13.5. The standard InChI is InChI=1S/C17H23NO5/c1-22-10-4-9-18-15(19)8-7-14(17(20)21)16(18)12-5-3-6-13(11-12)23-2/h3,5-6,11,14,16H,4,7-10H2,1-2H3,(H,20,21)/t14-,16+/m0/s1. The van der Waals surface area contributed by atoms with Crippen molar-refractivity contribution in [2.75, 3.05) is 27.4 Å². The number of aliphatic carboxylic acids is 1. The molecule has 1 aliphatic rings. The molecule has 0 unspecified atom stereocenters. The molecule has 1 aromatic carbocycles. The first-order valence-corrected chi connectivity index (χ1v) is 7.73. The molecule has 1 heterocycles. The Morgan fingerprint density at radius 1 is 1.39 bits per heavy atom. The average molecular weight is 321 g/mol. The van der Waals surface area contributed by atoms with Crippen LogP contribution in [0, 0.1) is 5.92 Å². The SMILES string of the molecule is COCCCN1C(=O)CC[C@H](C(=O)O)[C@H]1c1cccc(OC)c1. The van der Waals surface area contributed by atoms with Crippen molar-refractivity contribution in [2.45, 2.75) is 25.3 Å². The van der Waals surface area contributed by atoms with Crippen molar-refractivity contribution in [2.24, 2.45) is 5.92 Å². The topological polar surface area (TPSA) is 76.1 Å². The van der Waals surface area contributed by atoms with Gasteiger partial charge < -0.3 is 19.5 Å². The number of hydrogen-bond donors (Lipinski definition) is 1. The van der Waals surface area contributed by atoms with Crippen LogP contribution in [0.1, 0.15) is 30.9 Å². The molecule has 1 aliphatic heterocycles. The fourth-order valence-corrected chi connectivity index (χ4v) is 3.09. The largest absolute Gasteiger partial charge is 0.497 e. The highest BCUT2D eigenvalue weighted by atomic mass is 16.5. The predicted octanol–water partition coefficient (Wildman–Crippen LogP) is 2.10. The highest BCUT2D eigenvalue weighted by Gasteiger charge is 2.40. The summed E-state index contributed by atoms with van der Waals surface area (Å²) in [7, 11) is 3.17. The summed E-state index contributed by atoms with van der Waals surface area (Å²) in [4.78, 5) is 25.7. The van der Waals surface area contributed by atoms with Crippen LogP contribution < -0.4 is 4.74 Å². The van der Waals surface area contributed by atoms with Gasteiger partial charge in [0.1, 0.15) is 5.75 Å². The smallest absolute Gasteiger partial charge is 0.308 e. The van der Waals surface area contributed by atoms with Crippen LogP contribution in [0.15, 0.2) is 24.3 Å². The Morgan fingerprint density at radius 2 is 2.17 bits per heavy atom. The molecule has 1 N–H and O–H groups in total. The number of carbonyl (C=O) groups excluding carboxylic acids is 1. The third-order valence-corrected chi connectivity index (χ3v) is 4.21. The first-order valence-electron chi connectivity index (χ1n) is 7.73. The van der Waals surface area contributed by atoms with E-state index in [0.717, 1.165) is 5.56 Å². The van der Waals surface area contributed by atoms with Crippen LogP contribution in [-0.2, 0) is 14.3 Å². The van der Waals surface area contributed by atoms with Gasteiger partial charge in [-0.1, -0.05) is 12.1 Å². The van der Waals surface area contributed by atoms with Crippen molar-refractivity contribution in [3.05, 3.63) is 29.8 Å². The molecule has 0 spiro atoms. The Labute approximate surface area is 136 Å². The molecule has 23 heavy (non-hydrogen) atoms. The van der Waals surface area contributed by atoms with E-state index in [2.05, 4.69) is 0 Å². The third-order valence-electron chi connectivity index (χ3n) is 4.21. The van der Waals surface area contributed by atoms with E-state index in [0.29, 0.717) is 31.7 Å². The number of likely N-dealkylation sites (tertiary alicyclic amines) is 1. The van der Waals surface area contributed by atoms with E-state index < -0.39 is 17.9 Å². The highest BCUT2D eigenvalue weighted by molar-refractivity contribution is 5.81. The van der Waals surface area contributed by atoms with Gasteiger partial charge in [-0.2, -0.15) is 0 Å². The molecule has 0 saturated carbocycles. The number of carboxylic acid groups (broad SMARTS) is 1. The van der Waals surface area contributed by atoms with Crippen LogP contribution in [0.4, 0.5) is 0 Å². The molecule has 0 bridgehead atoms. The van der Waals surface area contributed by atoms with Gasteiger partial charge in [-0.15, -0.1) is 0 Å². The summed E-state index contributed by atoms with van der Waals surface area (Å²) in [6.07, 6.45) is 1.30. The van der Waals surface area contributed by atoms with Gasteiger partial charge in [0.25, 0.3) is 0 Å². The van der Waals surface area contributed by atoms with E-state index in [4.69, 9.17) is 9.47 Å². The Balaban J connectivity index is 2.34. The van der Waals surface area contributed by atoms with Gasteiger partial charge in [-0.25, -0.2) is 0 Å². The summed E-state index contributed by atoms with van der Waals surface area (Å²) in [6, 6.07) is 6.81. The molecule has 0 aliphatic carbocycles. The van der Waals surface area contributed by atoms with Gasteiger partial charge in [-0.05, 0) is 30.5 Å². The van der Waals surface area contributed by atoms with Gasteiger partial charge in [0.15, 0.2) is 0 Å². The van der Waals surface area contributed by atoms with E-state index >= 15 is 0 Å². The summed E-state index contributed by atoms with van der Waals surface area (Å²) < 4.78 is 10.3. The number of hydrogen-bond acceptors (Lipinski definition) is 4. The second kappa shape index (κ2) is 7.97. The van der Waals surface area contributed by atoms with Gasteiger partial charge in [0.05, 0.1) is 19.1 Å². The molecule has 6 nitrogen and oxygen atoms in total. The number of rotatable bonds is 7. The summed E-state index contributed by atoms with van der Waals surface area (Å²) in [6.45, 7) is 1.02. The molecule has 1 fully saturated rings. The number of amides is 1. The van der Waals surface area contributed by atoms with Crippen LogP contribution in [0.2, 0.25) is 0 Å². The van der Waals surface area contributed by atoms with Crippen molar-refractivity contribution >= 4 is 11.9 Å². The molecular weight excluding hydrogens is 298 g/mol. The van der Waals surface area contributed by atoms with Crippen molar-refractivity contribution in [1.82, 2.24) is 4.90 Å². The van der Waals surface area contributed by atoms with Crippen molar-refractivity contribution in [1.29, 1.82) is 0 Å². The minimum atomic E-state index is -0.873. The lowest BCUT2D eigenvalue weighted by atomic mass is 9.84. The molecule has 6 heteroatoms. The number of methoxy groups -OCH3 is 2. The molecule has 1 aromatic rings. The van der Waals surface area contributed by atoms with Crippen molar-refractivity contribution in [3.63, 3.8) is 0 Å². The molecule has 0 radical (unpaired) electrons. The summed E-state index contributed by atoms with van der Waals surface area (Å²) in [5.74, 6) is -0.836. The summed E-state index contributed by atoms with van der Waals surface area (Å²) >= 11 is 0.